The van der Waals surface area contributed by atoms with Crippen LogP contribution in [0.5, 0.6) is 0 Å². The first-order valence-electron chi connectivity index (χ1n) is 5.17. The van der Waals surface area contributed by atoms with Gasteiger partial charge in [-0.15, -0.1) is 0 Å². The van der Waals surface area contributed by atoms with Crippen molar-refractivity contribution in [3.8, 4) is 0 Å². The van der Waals surface area contributed by atoms with Crippen LogP contribution in [-0.4, -0.2) is 28.1 Å². The average molecular weight is 238 g/mol. The molecule has 1 aromatic rings. The Labute approximate surface area is 97.9 Å². The number of carbonyl (C=O) groups is 2. The van der Waals surface area contributed by atoms with E-state index in [1.165, 1.54) is 22.9 Å². The van der Waals surface area contributed by atoms with E-state index in [0.29, 0.717) is 6.42 Å². The standard InChI is InChI=1S/C11H14N2O4/c1-13-6-4-8(7-9(13)14)11(17)12-5-2-3-10(15)16/h4,6-7H,2-3,5H2,1H3,(H,12,17)(H,15,16). The fraction of sp³-hybridized carbons (Fsp3) is 0.364. The van der Waals surface area contributed by atoms with Crippen molar-refractivity contribution in [3.63, 3.8) is 0 Å². The summed E-state index contributed by atoms with van der Waals surface area (Å²) >= 11 is 0. The maximum Gasteiger partial charge on any atom is 0.303 e. The number of nitrogens with zero attached hydrogens (tertiary/aromatic N) is 1. The van der Waals surface area contributed by atoms with Crippen molar-refractivity contribution in [1.29, 1.82) is 0 Å². The molecule has 17 heavy (non-hydrogen) atoms. The SMILES string of the molecule is Cn1ccc(C(=O)NCCCC(=O)O)cc1=O. The molecule has 0 aliphatic rings. The van der Waals surface area contributed by atoms with Crippen molar-refractivity contribution in [2.75, 3.05) is 6.54 Å². The van der Waals surface area contributed by atoms with Crippen LogP contribution < -0.4 is 10.9 Å². The highest BCUT2D eigenvalue weighted by Crippen LogP contribution is 1.94. The fourth-order valence-electron chi connectivity index (χ4n) is 1.23. The van der Waals surface area contributed by atoms with Crippen LogP contribution in [0.2, 0.25) is 0 Å². The molecule has 92 valence electrons. The van der Waals surface area contributed by atoms with E-state index < -0.39 is 5.97 Å². The molecule has 0 spiro atoms. The minimum absolute atomic E-state index is 0.0107. The minimum Gasteiger partial charge on any atom is -0.481 e. The molecule has 0 aliphatic carbocycles. The van der Waals surface area contributed by atoms with E-state index in [2.05, 4.69) is 5.32 Å². The van der Waals surface area contributed by atoms with E-state index >= 15 is 0 Å². The van der Waals surface area contributed by atoms with Crippen molar-refractivity contribution in [1.82, 2.24) is 9.88 Å². The lowest BCUT2D eigenvalue weighted by molar-refractivity contribution is -0.137. The van der Waals surface area contributed by atoms with E-state index in [-0.39, 0.29) is 30.0 Å². The normalized spacial score (nSPS) is 9.94. The monoisotopic (exact) mass is 238 g/mol. The molecule has 0 aromatic carbocycles. The minimum atomic E-state index is -0.896. The summed E-state index contributed by atoms with van der Waals surface area (Å²) in [5, 5.41) is 11.0. The molecule has 0 atom stereocenters. The van der Waals surface area contributed by atoms with Crippen molar-refractivity contribution < 1.29 is 14.7 Å². The molecule has 1 amide bonds. The Balaban J connectivity index is 2.50. The predicted octanol–water partition coefficient (Wildman–Crippen LogP) is -0.0201. The zero-order valence-corrected chi connectivity index (χ0v) is 9.47. The molecule has 1 heterocycles. The number of amides is 1. The number of rotatable bonds is 5. The first kappa shape index (κ1) is 13.0. The van der Waals surface area contributed by atoms with E-state index in [9.17, 15) is 14.4 Å². The number of hydrogen-bond acceptors (Lipinski definition) is 3. The van der Waals surface area contributed by atoms with Gasteiger partial charge in [0.1, 0.15) is 0 Å². The third kappa shape index (κ3) is 4.10. The predicted molar refractivity (Wildman–Crippen MR) is 60.9 cm³/mol. The maximum absolute atomic E-state index is 11.5. The molecule has 0 radical (unpaired) electrons. The van der Waals surface area contributed by atoms with Gasteiger partial charge in [-0.3, -0.25) is 14.4 Å². The number of carboxylic acid groups (broad SMARTS) is 1. The van der Waals surface area contributed by atoms with E-state index in [1.54, 1.807) is 7.05 Å². The van der Waals surface area contributed by atoms with Crippen LogP contribution in [0, 0.1) is 0 Å². The van der Waals surface area contributed by atoms with Crippen LogP contribution in [0.4, 0.5) is 0 Å². The Bertz CT molecular complexity index is 479. The molecule has 0 fully saturated rings. The first-order valence-corrected chi connectivity index (χ1v) is 5.17. The van der Waals surface area contributed by atoms with E-state index in [0.717, 1.165) is 0 Å². The van der Waals surface area contributed by atoms with Gasteiger partial charge < -0.3 is 15.0 Å². The van der Waals surface area contributed by atoms with Crippen molar-refractivity contribution >= 4 is 11.9 Å². The fourth-order valence-corrected chi connectivity index (χ4v) is 1.23. The molecule has 1 aromatic heterocycles. The zero-order valence-electron chi connectivity index (χ0n) is 9.47. The lowest BCUT2D eigenvalue weighted by Gasteiger charge is -2.04. The van der Waals surface area contributed by atoms with Gasteiger partial charge in [0, 0.05) is 37.8 Å². The highest BCUT2D eigenvalue weighted by atomic mass is 16.4. The summed E-state index contributed by atoms with van der Waals surface area (Å²) in [6.45, 7) is 0.278. The molecule has 2 N–H and O–H groups in total. The summed E-state index contributed by atoms with van der Waals surface area (Å²) < 4.78 is 1.36. The third-order valence-electron chi connectivity index (χ3n) is 2.22. The average Bonchev–Trinajstić information content (AvgIpc) is 2.27. The van der Waals surface area contributed by atoms with Crippen LogP contribution in [0.25, 0.3) is 0 Å². The summed E-state index contributed by atoms with van der Waals surface area (Å²) in [5.74, 6) is -1.26. The molecule has 0 saturated heterocycles. The third-order valence-corrected chi connectivity index (χ3v) is 2.22. The van der Waals surface area contributed by atoms with Crippen LogP contribution in [0.3, 0.4) is 0 Å². The second-order valence-corrected chi connectivity index (χ2v) is 3.62. The quantitative estimate of drug-likeness (QED) is 0.705. The Morgan fingerprint density at radius 3 is 2.76 bits per heavy atom. The molecule has 0 aliphatic heterocycles. The number of pyridine rings is 1. The van der Waals surface area contributed by atoms with Crippen LogP contribution >= 0.6 is 0 Å². The van der Waals surface area contributed by atoms with Gasteiger partial charge in [0.15, 0.2) is 0 Å². The van der Waals surface area contributed by atoms with Crippen molar-refractivity contribution in [2.45, 2.75) is 12.8 Å². The van der Waals surface area contributed by atoms with Gasteiger partial charge in [-0.1, -0.05) is 0 Å². The Morgan fingerprint density at radius 2 is 2.18 bits per heavy atom. The molecule has 0 unspecified atom stereocenters. The number of hydrogen-bond donors (Lipinski definition) is 2. The topological polar surface area (TPSA) is 88.4 Å². The van der Waals surface area contributed by atoms with Crippen molar-refractivity contribution in [2.24, 2.45) is 7.05 Å². The lowest BCUT2D eigenvalue weighted by Crippen LogP contribution is -2.27. The lowest BCUT2D eigenvalue weighted by atomic mass is 10.2. The first-order chi connectivity index (χ1) is 8.00. The molecule has 0 saturated carbocycles. The van der Waals surface area contributed by atoms with Crippen molar-refractivity contribution in [3.05, 3.63) is 34.2 Å². The smallest absolute Gasteiger partial charge is 0.303 e. The second-order valence-electron chi connectivity index (χ2n) is 3.62. The molecular weight excluding hydrogens is 224 g/mol. The number of aliphatic carboxylic acids is 1. The summed E-state index contributed by atoms with van der Waals surface area (Å²) in [5.41, 5.74) is 0.0200. The summed E-state index contributed by atoms with van der Waals surface area (Å²) in [4.78, 5) is 33.1. The van der Waals surface area contributed by atoms with Gasteiger partial charge in [0.05, 0.1) is 0 Å². The summed E-state index contributed by atoms with van der Waals surface area (Å²) in [6, 6.07) is 2.78. The van der Waals surface area contributed by atoms with Gasteiger partial charge in [-0.25, -0.2) is 0 Å². The molecule has 6 heteroatoms. The molecule has 6 nitrogen and oxygen atoms in total. The van der Waals surface area contributed by atoms with Crippen LogP contribution in [0.15, 0.2) is 23.1 Å². The summed E-state index contributed by atoms with van der Waals surface area (Å²) in [7, 11) is 1.59. The Kier molecular flexibility index (Phi) is 4.45. The number of aryl methyl sites for hydroxylation is 1. The van der Waals surface area contributed by atoms with E-state index in [1.807, 2.05) is 0 Å². The number of nitrogens with one attached hydrogen (secondary N) is 1. The van der Waals surface area contributed by atoms with Gasteiger partial charge in [0.2, 0.25) is 0 Å². The van der Waals surface area contributed by atoms with Gasteiger partial charge in [0.25, 0.3) is 11.5 Å². The largest absolute Gasteiger partial charge is 0.481 e. The maximum atomic E-state index is 11.5. The number of aromatic nitrogens is 1. The van der Waals surface area contributed by atoms with E-state index in [4.69, 9.17) is 5.11 Å². The van der Waals surface area contributed by atoms with Crippen LogP contribution in [0.1, 0.15) is 23.2 Å². The van der Waals surface area contributed by atoms with Gasteiger partial charge >= 0.3 is 5.97 Å². The Morgan fingerprint density at radius 1 is 1.47 bits per heavy atom. The van der Waals surface area contributed by atoms with Gasteiger partial charge in [-0.05, 0) is 12.5 Å². The number of carbonyl (C=O) groups excluding carboxylic acids is 1. The Hall–Kier alpha value is -2.11. The second kappa shape index (κ2) is 5.83. The molecule has 0 bridgehead atoms. The summed E-state index contributed by atoms with van der Waals surface area (Å²) in [6.07, 6.45) is 1.89. The highest BCUT2D eigenvalue weighted by molar-refractivity contribution is 5.93. The van der Waals surface area contributed by atoms with Gasteiger partial charge in [-0.2, -0.15) is 0 Å². The number of carboxylic acids is 1. The molecule has 1 rings (SSSR count). The highest BCUT2D eigenvalue weighted by Gasteiger charge is 2.06. The van der Waals surface area contributed by atoms with Crippen LogP contribution in [-0.2, 0) is 11.8 Å². The molecular formula is C11H14N2O4. The zero-order chi connectivity index (χ0) is 12.8.